The summed E-state index contributed by atoms with van der Waals surface area (Å²) < 4.78 is 23.6. The average molecular weight is 452 g/mol. The van der Waals surface area contributed by atoms with Crippen LogP contribution in [0.15, 0.2) is 65.4 Å². The van der Waals surface area contributed by atoms with Crippen molar-refractivity contribution in [3.05, 3.63) is 82.3 Å². The van der Waals surface area contributed by atoms with Gasteiger partial charge in [-0.3, -0.25) is 0 Å². The van der Waals surface area contributed by atoms with Crippen LogP contribution < -0.4 is 10.5 Å². The average Bonchev–Trinajstić information content (AvgIpc) is 3.12. The Labute approximate surface area is 174 Å². The zero-order valence-corrected chi connectivity index (χ0v) is 16.7. The molecule has 0 bridgehead atoms. The monoisotopic (exact) mass is 451 g/mol. The predicted molar refractivity (Wildman–Crippen MR) is 112 cm³/mol. The lowest BCUT2D eigenvalue weighted by atomic mass is 9.94. The fraction of sp³-hybridized carbons (Fsp3) is 0.0952. The van der Waals surface area contributed by atoms with Crippen molar-refractivity contribution >= 4 is 38.5 Å². The van der Waals surface area contributed by atoms with Crippen LogP contribution in [0.5, 0.6) is 5.75 Å². The maximum Gasteiger partial charge on any atom is 0.165 e. The molecule has 0 saturated carbocycles. The maximum absolute atomic E-state index is 14.6. The molecule has 8 heteroatoms. The van der Waals surface area contributed by atoms with Gasteiger partial charge >= 0.3 is 0 Å². The summed E-state index contributed by atoms with van der Waals surface area (Å²) in [4.78, 5) is 12.6. The molecule has 1 aliphatic rings. The van der Waals surface area contributed by atoms with E-state index in [1.807, 2.05) is 28.8 Å². The van der Waals surface area contributed by atoms with Gasteiger partial charge in [-0.05, 0) is 24.3 Å². The highest BCUT2D eigenvalue weighted by Crippen LogP contribution is 2.38. The van der Waals surface area contributed by atoms with E-state index in [1.165, 1.54) is 12.4 Å². The quantitative estimate of drug-likeness (QED) is 0.500. The van der Waals surface area contributed by atoms with Crippen LogP contribution in [-0.2, 0) is 13.0 Å². The number of nitrogen functional groups attached to an aromatic ring is 1. The first-order chi connectivity index (χ1) is 14.1. The van der Waals surface area contributed by atoms with Crippen LogP contribution in [0.1, 0.15) is 11.1 Å². The molecular weight excluding hydrogens is 437 g/mol. The van der Waals surface area contributed by atoms with E-state index in [-0.39, 0.29) is 5.82 Å². The highest BCUT2D eigenvalue weighted by atomic mass is 79.9. The topological polar surface area (TPSA) is 78.9 Å². The number of fused-ring (bicyclic) bond motifs is 2. The highest BCUT2D eigenvalue weighted by Gasteiger charge is 2.24. The van der Waals surface area contributed by atoms with E-state index in [0.29, 0.717) is 41.3 Å². The minimum Gasteiger partial charge on any atom is -0.459 e. The summed E-state index contributed by atoms with van der Waals surface area (Å²) in [5, 5.41) is 0. The van der Waals surface area contributed by atoms with Crippen molar-refractivity contribution in [1.29, 1.82) is 0 Å². The number of rotatable bonds is 3. The molecular formula is C21H15BrFN5O. The van der Waals surface area contributed by atoms with Crippen molar-refractivity contribution in [3.63, 3.8) is 0 Å². The van der Waals surface area contributed by atoms with E-state index in [4.69, 9.17) is 10.5 Å². The second-order valence-corrected chi connectivity index (χ2v) is 7.63. The molecule has 2 aromatic heterocycles. The van der Waals surface area contributed by atoms with E-state index in [9.17, 15) is 4.39 Å². The number of benzene rings is 2. The smallest absolute Gasteiger partial charge is 0.165 e. The van der Waals surface area contributed by atoms with E-state index < -0.39 is 0 Å². The van der Waals surface area contributed by atoms with Gasteiger partial charge in [0.2, 0.25) is 0 Å². The third-order valence-electron chi connectivity index (χ3n) is 4.90. The molecule has 0 amide bonds. The van der Waals surface area contributed by atoms with Crippen molar-refractivity contribution in [2.24, 2.45) is 0 Å². The number of allylic oxidation sites excluding steroid dienone is 2. The Kier molecular flexibility index (Phi) is 4.28. The lowest BCUT2D eigenvalue weighted by Crippen LogP contribution is -2.15. The van der Waals surface area contributed by atoms with Gasteiger partial charge in [0.1, 0.15) is 29.2 Å². The Bertz CT molecular complexity index is 1280. The minimum atomic E-state index is -0.288. The van der Waals surface area contributed by atoms with Crippen molar-refractivity contribution in [1.82, 2.24) is 19.5 Å². The zero-order chi connectivity index (χ0) is 20.0. The molecule has 2 aromatic carbocycles. The molecule has 3 heterocycles. The van der Waals surface area contributed by atoms with Crippen LogP contribution in [0, 0.1) is 5.82 Å². The van der Waals surface area contributed by atoms with Crippen molar-refractivity contribution in [2.75, 3.05) is 5.73 Å². The summed E-state index contributed by atoms with van der Waals surface area (Å²) in [7, 11) is 0. The second-order valence-electron chi connectivity index (χ2n) is 6.72. The van der Waals surface area contributed by atoms with Gasteiger partial charge in [0.25, 0.3) is 0 Å². The minimum absolute atomic E-state index is 0.288. The Balaban J connectivity index is 1.64. The summed E-state index contributed by atoms with van der Waals surface area (Å²) in [6.07, 6.45) is 3.59. The Morgan fingerprint density at radius 3 is 2.86 bits per heavy atom. The normalized spacial score (nSPS) is 13.4. The Morgan fingerprint density at radius 1 is 1.14 bits per heavy atom. The molecule has 2 N–H and O–H groups in total. The number of halogens is 2. The molecule has 4 aromatic rings. The first-order valence-electron chi connectivity index (χ1n) is 8.94. The van der Waals surface area contributed by atoms with Gasteiger partial charge in [-0.15, -0.1) is 0 Å². The number of nitrogens with two attached hydrogens (primary N) is 1. The number of aromatic nitrogens is 4. The van der Waals surface area contributed by atoms with Gasteiger partial charge in [-0.2, -0.15) is 0 Å². The molecule has 0 unspecified atom stereocenters. The van der Waals surface area contributed by atoms with Gasteiger partial charge in [0, 0.05) is 27.6 Å². The third kappa shape index (κ3) is 3.15. The van der Waals surface area contributed by atoms with Gasteiger partial charge in [-0.25, -0.2) is 19.3 Å². The third-order valence-corrected chi connectivity index (χ3v) is 5.40. The lowest BCUT2D eigenvalue weighted by molar-refractivity contribution is 0.382. The molecule has 5 rings (SSSR count). The number of anilines is 1. The van der Waals surface area contributed by atoms with Crippen molar-refractivity contribution in [2.45, 2.75) is 13.0 Å². The summed E-state index contributed by atoms with van der Waals surface area (Å²) in [6.45, 7) is 0.339. The molecule has 1 aliphatic heterocycles. The van der Waals surface area contributed by atoms with Crippen LogP contribution in [0.25, 0.3) is 16.7 Å². The fourth-order valence-electron chi connectivity index (χ4n) is 3.52. The van der Waals surface area contributed by atoms with Crippen molar-refractivity contribution < 1.29 is 9.13 Å². The van der Waals surface area contributed by atoms with Gasteiger partial charge in [0.15, 0.2) is 11.5 Å². The zero-order valence-electron chi connectivity index (χ0n) is 15.1. The van der Waals surface area contributed by atoms with Crippen LogP contribution in [0.3, 0.4) is 0 Å². The largest absolute Gasteiger partial charge is 0.459 e. The molecule has 144 valence electrons. The molecule has 0 radical (unpaired) electrons. The Morgan fingerprint density at radius 2 is 2.00 bits per heavy atom. The number of hydrogen-bond acceptors (Lipinski definition) is 5. The van der Waals surface area contributed by atoms with Crippen LogP contribution in [-0.4, -0.2) is 19.5 Å². The summed E-state index contributed by atoms with van der Waals surface area (Å²) in [5.41, 5.74) is 9.32. The standard InChI is InChI=1S/C21H15BrFN5O/c22-13-5-6-17-12(7-13)8-15(14-3-1-2-4-16(14)23)18(29-17)9-28-11-27-19-20(24)25-10-26-21(19)28/h1-7,10-11H,8-9H2,(H2,24,25,26). The summed E-state index contributed by atoms with van der Waals surface area (Å²) in [5.74, 6) is 1.42. The Hall–Kier alpha value is -3.26. The molecule has 0 atom stereocenters. The number of imidazole rings is 1. The molecule has 0 spiro atoms. The molecule has 0 saturated heterocycles. The first kappa shape index (κ1) is 17.8. The van der Waals surface area contributed by atoms with Crippen LogP contribution in [0.2, 0.25) is 0 Å². The predicted octanol–water partition coefficient (Wildman–Crippen LogP) is 4.36. The van der Waals surface area contributed by atoms with Crippen LogP contribution >= 0.6 is 15.9 Å². The molecule has 6 nitrogen and oxygen atoms in total. The number of nitrogens with zero attached hydrogens (tertiary/aromatic N) is 4. The van der Waals surface area contributed by atoms with E-state index in [0.717, 1.165) is 21.4 Å². The summed E-state index contributed by atoms with van der Waals surface area (Å²) >= 11 is 3.49. The maximum atomic E-state index is 14.6. The second kappa shape index (κ2) is 6.97. The number of ether oxygens (including phenoxy) is 1. The number of hydrogen-bond donors (Lipinski definition) is 1. The van der Waals surface area contributed by atoms with Crippen LogP contribution in [0.4, 0.5) is 10.2 Å². The highest BCUT2D eigenvalue weighted by molar-refractivity contribution is 9.10. The molecule has 29 heavy (non-hydrogen) atoms. The van der Waals surface area contributed by atoms with Gasteiger partial charge < -0.3 is 15.0 Å². The molecule has 0 aliphatic carbocycles. The van der Waals surface area contributed by atoms with E-state index >= 15 is 0 Å². The molecule has 0 fully saturated rings. The van der Waals surface area contributed by atoms with Crippen molar-refractivity contribution in [3.8, 4) is 5.75 Å². The lowest BCUT2D eigenvalue weighted by Gasteiger charge is -2.25. The van der Waals surface area contributed by atoms with E-state index in [2.05, 4.69) is 30.9 Å². The SMILES string of the molecule is Nc1ncnc2c1ncn2CC1=C(c2ccccc2F)Cc2cc(Br)ccc2O1. The summed E-state index contributed by atoms with van der Waals surface area (Å²) in [6, 6.07) is 12.5. The van der Waals surface area contributed by atoms with E-state index in [1.54, 1.807) is 18.5 Å². The van der Waals surface area contributed by atoms with Gasteiger partial charge in [-0.1, -0.05) is 34.1 Å². The fourth-order valence-corrected chi connectivity index (χ4v) is 3.93. The first-order valence-corrected chi connectivity index (χ1v) is 9.74. The van der Waals surface area contributed by atoms with Gasteiger partial charge in [0.05, 0.1) is 12.9 Å².